The number of ether oxygens (including phenoxy) is 1. The van der Waals surface area contributed by atoms with Gasteiger partial charge >= 0.3 is 6.01 Å². The van der Waals surface area contributed by atoms with Gasteiger partial charge in [-0.1, -0.05) is 32.0 Å². The number of benzene rings is 1. The van der Waals surface area contributed by atoms with Crippen molar-refractivity contribution < 1.29 is 13.1 Å². The van der Waals surface area contributed by atoms with E-state index in [9.17, 15) is 4.21 Å². The maximum atomic E-state index is 12.5. The first-order valence-corrected chi connectivity index (χ1v) is 12.8. The second kappa shape index (κ2) is 10.3. The third-order valence-corrected chi connectivity index (χ3v) is 6.93. The minimum absolute atomic E-state index is 0.0379. The van der Waals surface area contributed by atoms with Crippen LogP contribution in [0, 0.1) is 0 Å². The Hall–Kier alpha value is -2.72. The van der Waals surface area contributed by atoms with Crippen LogP contribution in [0.2, 0.25) is 0 Å². The van der Waals surface area contributed by atoms with Crippen LogP contribution >= 0.6 is 0 Å². The number of rotatable bonds is 8. The predicted molar refractivity (Wildman–Crippen MR) is 134 cm³/mol. The Morgan fingerprint density at radius 1 is 1.26 bits per heavy atom. The zero-order valence-electron chi connectivity index (χ0n) is 20.5. The van der Waals surface area contributed by atoms with Gasteiger partial charge in [0.2, 0.25) is 17.0 Å². The van der Waals surface area contributed by atoms with Crippen molar-refractivity contribution >= 4 is 22.7 Å². The van der Waals surface area contributed by atoms with E-state index < -0.39 is 15.8 Å². The van der Waals surface area contributed by atoms with E-state index in [0.29, 0.717) is 24.3 Å². The molecule has 1 fully saturated rings. The SMILES string of the molecule is CC(C)c1cnn2c(NCc3ccccc3OS(=O)C(C)(C)C)nc(O[C@@H]3CCCNC3)nc12. The molecule has 3 aromatic rings. The summed E-state index contributed by atoms with van der Waals surface area (Å²) in [7, 11) is 0. The van der Waals surface area contributed by atoms with Crippen LogP contribution in [0.3, 0.4) is 0 Å². The Labute approximate surface area is 203 Å². The van der Waals surface area contributed by atoms with Crippen molar-refractivity contribution in [3.8, 4) is 11.8 Å². The predicted octanol–water partition coefficient (Wildman–Crippen LogP) is 3.83. The highest BCUT2D eigenvalue weighted by molar-refractivity contribution is 7.82. The number of aromatic nitrogens is 4. The number of fused-ring (bicyclic) bond motifs is 1. The van der Waals surface area contributed by atoms with E-state index in [1.165, 1.54) is 0 Å². The summed E-state index contributed by atoms with van der Waals surface area (Å²) in [6.45, 7) is 12.1. The highest BCUT2D eigenvalue weighted by atomic mass is 32.2. The van der Waals surface area contributed by atoms with Crippen LogP contribution in [0.1, 0.15) is 64.5 Å². The lowest BCUT2D eigenvalue weighted by Crippen LogP contribution is -2.37. The number of anilines is 1. The molecule has 2 N–H and O–H groups in total. The molecule has 1 aliphatic heterocycles. The average molecular weight is 487 g/mol. The topological polar surface area (TPSA) is 103 Å². The molecule has 1 saturated heterocycles. The van der Waals surface area contributed by atoms with Gasteiger partial charge in [-0.25, -0.2) is 4.21 Å². The Kier molecular flexibility index (Phi) is 7.37. The Morgan fingerprint density at radius 3 is 2.76 bits per heavy atom. The van der Waals surface area contributed by atoms with Crippen molar-refractivity contribution in [1.82, 2.24) is 24.9 Å². The van der Waals surface area contributed by atoms with E-state index in [-0.39, 0.29) is 12.0 Å². The summed E-state index contributed by atoms with van der Waals surface area (Å²) in [5.41, 5.74) is 2.62. The summed E-state index contributed by atoms with van der Waals surface area (Å²) in [5, 5.41) is 11.2. The third-order valence-electron chi connectivity index (χ3n) is 5.60. The minimum atomic E-state index is -1.48. The summed E-state index contributed by atoms with van der Waals surface area (Å²) in [4.78, 5) is 9.32. The van der Waals surface area contributed by atoms with Crippen LogP contribution in [-0.4, -0.2) is 47.7 Å². The zero-order chi connectivity index (χ0) is 24.3. The molecule has 0 radical (unpaired) electrons. The lowest BCUT2D eigenvalue weighted by molar-refractivity contribution is 0.153. The molecular formula is C24H34N6O3S. The number of piperidine rings is 1. The van der Waals surface area contributed by atoms with Gasteiger partial charge in [0.05, 0.1) is 10.9 Å². The average Bonchev–Trinajstić information content (AvgIpc) is 3.23. The van der Waals surface area contributed by atoms with Crippen LogP contribution in [0.25, 0.3) is 5.65 Å². The largest absolute Gasteiger partial charge is 0.459 e. The van der Waals surface area contributed by atoms with Crippen molar-refractivity contribution in [1.29, 1.82) is 0 Å². The van der Waals surface area contributed by atoms with Crippen molar-refractivity contribution in [2.24, 2.45) is 0 Å². The standard InChI is InChI=1S/C24H34N6O3S/c1-16(2)19-15-27-30-21(19)28-23(32-18-10-8-12-25-14-18)29-22(30)26-13-17-9-6-7-11-20(17)33-34(31)24(3,4)5/h6-7,9,11,15-16,18,25H,8,10,12-14H2,1-5H3,(H,26,28,29)/t18-,34?/m1/s1. The van der Waals surface area contributed by atoms with E-state index in [2.05, 4.69) is 39.5 Å². The van der Waals surface area contributed by atoms with E-state index in [0.717, 1.165) is 42.7 Å². The Morgan fingerprint density at radius 2 is 2.06 bits per heavy atom. The van der Waals surface area contributed by atoms with Crippen molar-refractivity contribution in [3.63, 3.8) is 0 Å². The Bertz CT molecular complexity index is 1150. The van der Waals surface area contributed by atoms with Crippen molar-refractivity contribution in [3.05, 3.63) is 41.6 Å². The fourth-order valence-corrected chi connectivity index (χ4v) is 4.21. The second-order valence-corrected chi connectivity index (χ2v) is 11.7. The maximum absolute atomic E-state index is 12.5. The molecule has 1 aliphatic rings. The first kappa shape index (κ1) is 24.4. The monoisotopic (exact) mass is 486 g/mol. The zero-order valence-corrected chi connectivity index (χ0v) is 21.3. The highest BCUT2D eigenvalue weighted by Gasteiger charge is 2.23. The van der Waals surface area contributed by atoms with Crippen LogP contribution in [0.5, 0.6) is 11.8 Å². The minimum Gasteiger partial charge on any atom is -0.459 e. The summed E-state index contributed by atoms with van der Waals surface area (Å²) in [6, 6.07) is 7.90. The molecule has 0 amide bonds. The lowest BCUT2D eigenvalue weighted by atomic mass is 10.1. The third kappa shape index (κ3) is 5.67. The van der Waals surface area contributed by atoms with Crippen LogP contribution in [0.4, 0.5) is 5.95 Å². The Balaban J connectivity index is 1.61. The number of hydrogen-bond donors (Lipinski definition) is 2. The quantitative estimate of drug-likeness (QED) is 0.495. The number of nitrogens with zero attached hydrogens (tertiary/aromatic N) is 4. The summed E-state index contributed by atoms with van der Waals surface area (Å²) < 4.78 is 25.7. The van der Waals surface area contributed by atoms with E-state index in [1.54, 1.807) is 4.52 Å². The molecule has 10 heteroatoms. The van der Waals surface area contributed by atoms with Gasteiger partial charge in [0.15, 0.2) is 5.65 Å². The van der Waals surface area contributed by atoms with Crippen LogP contribution in [-0.2, 0) is 17.6 Å². The van der Waals surface area contributed by atoms with Gasteiger partial charge in [0, 0.05) is 24.2 Å². The van der Waals surface area contributed by atoms with Crippen molar-refractivity contribution in [2.75, 3.05) is 18.4 Å². The van der Waals surface area contributed by atoms with Gasteiger partial charge in [0.25, 0.3) is 0 Å². The normalized spacial score (nSPS) is 17.6. The first-order valence-electron chi connectivity index (χ1n) is 11.8. The summed E-state index contributed by atoms with van der Waals surface area (Å²) in [6.07, 6.45) is 3.90. The highest BCUT2D eigenvalue weighted by Crippen LogP contribution is 2.26. The van der Waals surface area contributed by atoms with Gasteiger partial charge in [-0.15, -0.1) is 0 Å². The van der Waals surface area contributed by atoms with Crippen LogP contribution < -0.4 is 19.6 Å². The summed E-state index contributed by atoms with van der Waals surface area (Å²) >= 11 is -1.48. The molecule has 4 rings (SSSR count). The van der Waals surface area contributed by atoms with Gasteiger partial charge in [0.1, 0.15) is 11.9 Å². The molecule has 9 nitrogen and oxygen atoms in total. The number of hydrogen-bond acceptors (Lipinski definition) is 8. The van der Waals surface area contributed by atoms with Gasteiger partial charge in [-0.2, -0.15) is 19.6 Å². The molecule has 1 unspecified atom stereocenters. The van der Waals surface area contributed by atoms with Gasteiger partial charge in [-0.3, -0.25) is 0 Å². The molecule has 1 aromatic carbocycles. The maximum Gasteiger partial charge on any atom is 0.322 e. The van der Waals surface area contributed by atoms with Crippen LogP contribution in [0.15, 0.2) is 30.5 Å². The molecule has 0 saturated carbocycles. The smallest absolute Gasteiger partial charge is 0.322 e. The van der Waals surface area contributed by atoms with E-state index in [4.69, 9.17) is 8.92 Å². The molecule has 3 heterocycles. The molecule has 0 spiro atoms. The number of para-hydroxylation sites is 1. The lowest BCUT2D eigenvalue weighted by Gasteiger charge is -2.23. The fraction of sp³-hybridized carbons (Fsp3) is 0.542. The van der Waals surface area contributed by atoms with Gasteiger partial charge in [-0.05, 0) is 52.1 Å². The van der Waals surface area contributed by atoms with E-state index in [1.807, 2.05) is 51.2 Å². The first-order chi connectivity index (χ1) is 16.2. The molecule has 34 heavy (non-hydrogen) atoms. The van der Waals surface area contributed by atoms with E-state index >= 15 is 0 Å². The molecule has 2 aromatic heterocycles. The molecule has 2 atom stereocenters. The molecule has 0 bridgehead atoms. The summed E-state index contributed by atoms with van der Waals surface area (Å²) in [5.74, 6) is 1.36. The molecule has 0 aliphatic carbocycles. The molecule has 184 valence electrons. The second-order valence-electron chi connectivity index (χ2n) is 9.80. The van der Waals surface area contributed by atoms with Crippen molar-refractivity contribution in [2.45, 2.75) is 70.8 Å². The number of nitrogens with one attached hydrogen (secondary N) is 2. The molecular weight excluding hydrogens is 452 g/mol. The fourth-order valence-electron chi connectivity index (χ4n) is 3.63. The van der Waals surface area contributed by atoms with Gasteiger partial charge < -0.3 is 19.6 Å².